The van der Waals surface area contributed by atoms with Gasteiger partial charge in [-0.25, -0.2) is 9.59 Å². The van der Waals surface area contributed by atoms with E-state index in [1.807, 2.05) is 0 Å². The van der Waals surface area contributed by atoms with Crippen LogP contribution in [0.1, 0.15) is 0 Å². The average molecular weight is 348 g/mol. The number of rotatable bonds is 4. The maximum Gasteiger partial charge on any atom is 0.336 e. The highest BCUT2D eigenvalue weighted by molar-refractivity contribution is 5.94. The van der Waals surface area contributed by atoms with Gasteiger partial charge in [-0.3, -0.25) is 10.2 Å². The third kappa shape index (κ3) is 3.29. The first-order valence-corrected chi connectivity index (χ1v) is 7.65. The number of esters is 2. The van der Waals surface area contributed by atoms with Crippen LogP contribution in [0.25, 0.3) is 21.8 Å². The molecule has 0 amide bonds. The zero-order valence-corrected chi connectivity index (χ0v) is 13.3. The predicted octanol–water partition coefficient (Wildman–Crippen LogP) is 2.51. The zero-order valence-electron chi connectivity index (χ0n) is 13.3. The molecule has 8 nitrogen and oxygen atoms in total. The molecule has 4 aromatic rings. The van der Waals surface area contributed by atoms with E-state index in [0.717, 1.165) is 34.0 Å². The minimum absolute atomic E-state index is 0.342. The van der Waals surface area contributed by atoms with Gasteiger partial charge in [0.25, 0.3) is 0 Å². The molecule has 2 aromatic heterocycles. The molecule has 0 radical (unpaired) electrons. The van der Waals surface area contributed by atoms with Gasteiger partial charge in [0.1, 0.15) is 11.5 Å². The number of nitrogens with one attached hydrogen (secondary N) is 2. The summed E-state index contributed by atoms with van der Waals surface area (Å²) in [4.78, 5) is 23.7. The molecule has 2 heterocycles. The fraction of sp³-hybridized carbons (Fsp3) is 0. The Morgan fingerprint density at radius 3 is 1.69 bits per heavy atom. The largest absolute Gasteiger partial charge is 0.423 e. The van der Waals surface area contributed by atoms with E-state index in [-0.39, 0.29) is 0 Å². The molecule has 0 bridgehead atoms. The van der Waals surface area contributed by atoms with Crippen LogP contribution in [0.4, 0.5) is 0 Å². The van der Waals surface area contributed by atoms with E-state index >= 15 is 0 Å². The van der Waals surface area contributed by atoms with Gasteiger partial charge in [0.05, 0.1) is 23.4 Å². The molecular weight excluding hydrogens is 336 g/mol. The van der Waals surface area contributed by atoms with Crippen LogP contribution in [-0.4, -0.2) is 32.3 Å². The van der Waals surface area contributed by atoms with Crippen LogP contribution in [0.5, 0.6) is 11.5 Å². The summed E-state index contributed by atoms with van der Waals surface area (Å²) in [6.45, 7) is 0. The molecule has 4 rings (SSSR count). The first-order chi connectivity index (χ1) is 12.7. The molecule has 128 valence electrons. The van der Waals surface area contributed by atoms with E-state index in [1.54, 1.807) is 48.8 Å². The number of ether oxygens (including phenoxy) is 2. The van der Waals surface area contributed by atoms with Crippen molar-refractivity contribution in [1.29, 1.82) is 0 Å². The van der Waals surface area contributed by atoms with Crippen molar-refractivity contribution in [2.75, 3.05) is 0 Å². The molecule has 0 fully saturated rings. The molecule has 0 saturated carbocycles. The minimum Gasteiger partial charge on any atom is -0.423 e. The maximum atomic E-state index is 11.8. The van der Waals surface area contributed by atoms with Gasteiger partial charge in [-0.2, -0.15) is 10.2 Å². The number of fused-ring (bicyclic) bond motifs is 2. The predicted molar refractivity (Wildman–Crippen MR) is 92.6 cm³/mol. The average Bonchev–Trinajstić information content (AvgIpc) is 3.28. The van der Waals surface area contributed by atoms with Crippen LogP contribution >= 0.6 is 0 Å². The Kier molecular flexibility index (Phi) is 3.91. The highest BCUT2D eigenvalue weighted by Crippen LogP contribution is 2.19. The van der Waals surface area contributed by atoms with Crippen molar-refractivity contribution in [3.63, 3.8) is 0 Å². The third-order valence-electron chi connectivity index (χ3n) is 3.62. The molecule has 0 unspecified atom stereocenters. The van der Waals surface area contributed by atoms with E-state index < -0.39 is 11.9 Å². The Labute approximate surface area is 146 Å². The Bertz CT molecular complexity index is 1050. The Morgan fingerprint density at radius 1 is 0.769 bits per heavy atom. The number of hydrogen-bond acceptors (Lipinski definition) is 6. The number of carbonyl (C=O) groups is 2. The molecule has 2 aromatic carbocycles. The summed E-state index contributed by atoms with van der Waals surface area (Å²) in [5.74, 6) is -0.696. The zero-order chi connectivity index (χ0) is 17.9. The van der Waals surface area contributed by atoms with Crippen molar-refractivity contribution in [2.45, 2.75) is 0 Å². The molecule has 0 aliphatic rings. The lowest BCUT2D eigenvalue weighted by molar-refractivity contribution is -0.131. The quantitative estimate of drug-likeness (QED) is 0.333. The van der Waals surface area contributed by atoms with Crippen molar-refractivity contribution < 1.29 is 19.1 Å². The number of benzene rings is 2. The topological polar surface area (TPSA) is 110 Å². The number of H-pyrrole nitrogens is 2. The lowest BCUT2D eigenvalue weighted by Gasteiger charge is -2.02. The van der Waals surface area contributed by atoms with Gasteiger partial charge in [0, 0.05) is 35.1 Å². The molecule has 0 saturated heterocycles. The van der Waals surface area contributed by atoms with E-state index in [4.69, 9.17) is 9.47 Å². The van der Waals surface area contributed by atoms with Crippen molar-refractivity contribution in [2.24, 2.45) is 0 Å². The van der Waals surface area contributed by atoms with Gasteiger partial charge in [0.15, 0.2) is 0 Å². The maximum absolute atomic E-state index is 11.8. The molecule has 2 N–H and O–H groups in total. The Balaban J connectivity index is 1.38. The summed E-state index contributed by atoms with van der Waals surface area (Å²) in [7, 11) is 0. The Morgan fingerprint density at radius 2 is 1.23 bits per heavy atom. The van der Waals surface area contributed by atoms with Gasteiger partial charge in [-0.1, -0.05) is 0 Å². The second kappa shape index (κ2) is 6.52. The first kappa shape index (κ1) is 15.6. The van der Waals surface area contributed by atoms with Gasteiger partial charge < -0.3 is 9.47 Å². The smallest absolute Gasteiger partial charge is 0.336 e. The molecule has 0 spiro atoms. The van der Waals surface area contributed by atoms with Gasteiger partial charge >= 0.3 is 11.9 Å². The SMILES string of the molecule is O=C(/C=C/C(=O)Oc1ccc2cn[nH]c2c1)Oc1ccc2cn[nH]c2c1. The second-order valence-electron chi connectivity index (χ2n) is 5.41. The van der Waals surface area contributed by atoms with Crippen LogP contribution in [0.15, 0.2) is 60.9 Å². The highest BCUT2D eigenvalue weighted by atomic mass is 16.5. The van der Waals surface area contributed by atoms with Crippen molar-refractivity contribution >= 4 is 33.7 Å². The first-order valence-electron chi connectivity index (χ1n) is 7.65. The summed E-state index contributed by atoms with van der Waals surface area (Å²) in [5, 5.41) is 15.1. The summed E-state index contributed by atoms with van der Waals surface area (Å²) < 4.78 is 10.3. The van der Waals surface area contributed by atoms with Crippen LogP contribution in [-0.2, 0) is 9.59 Å². The molecular formula is C18H12N4O4. The van der Waals surface area contributed by atoms with Crippen molar-refractivity contribution in [3.05, 3.63) is 60.9 Å². The summed E-state index contributed by atoms with van der Waals surface area (Å²) >= 11 is 0. The van der Waals surface area contributed by atoms with Crippen LogP contribution < -0.4 is 9.47 Å². The van der Waals surface area contributed by atoms with Crippen molar-refractivity contribution in [1.82, 2.24) is 20.4 Å². The summed E-state index contributed by atoms with van der Waals surface area (Å²) in [6, 6.07) is 10.1. The summed E-state index contributed by atoms with van der Waals surface area (Å²) in [5.41, 5.74) is 1.49. The molecule has 0 atom stereocenters. The van der Waals surface area contributed by atoms with E-state index in [2.05, 4.69) is 20.4 Å². The van der Waals surface area contributed by atoms with E-state index in [1.165, 1.54) is 0 Å². The van der Waals surface area contributed by atoms with Gasteiger partial charge in [0.2, 0.25) is 0 Å². The van der Waals surface area contributed by atoms with Gasteiger partial charge in [-0.05, 0) is 24.3 Å². The van der Waals surface area contributed by atoms with E-state index in [0.29, 0.717) is 11.5 Å². The summed E-state index contributed by atoms with van der Waals surface area (Å²) in [6.07, 6.45) is 5.34. The fourth-order valence-electron chi connectivity index (χ4n) is 2.40. The number of aromatic nitrogens is 4. The molecule has 0 aliphatic heterocycles. The minimum atomic E-state index is -0.690. The van der Waals surface area contributed by atoms with Crippen molar-refractivity contribution in [3.8, 4) is 11.5 Å². The molecule has 8 heteroatoms. The molecule has 0 aliphatic carbocycles. The third-order valence-corrected chi connectivity index (χ3v) is 3.62. The number of carbonyl (C=O) groups excluding carboxylic acids is 2. The van der Waals surface area contributed by atoms with Crippen LogP contribution in [0.3, 0.4) is 0 Å². The fourth-order valence-corrected chi connectivity index (χ4v) is 2.40. The van der Waals surface area contributed by atoms with Crippen LogP contribution in [0, 0.1) is 0 Å². The van der Waals surface area contributed by atoms with Gasteiger partial charge in [-0.15, -0.1) is 0 Å². The monoisotopic (exact) mass is 348 g/mol. The van der Waals surface area contributed by atoms with Crippen LogP contribution in [0.2, 0.25) is 0 Å². The lowest BCUT2D eigenvalue weighted by Crippen LogP contribution is -2.08. The molecule has 26 heavy (non-hydrogen) atoms. The standard InChI is InChI=1S/C18H12N4O4/c23-17(25-13-3-1-11-9-19-21-15(11)7-13)5-6-18(24)26-14-4-2-12-10-20-22-16(12)8-14/h1-10H,(H,19,21)(H,20,22)/b6-5+. The number of nitrogens with zero attached hydrogens (tertiary/aromatic N) is 2. The Hall–Kier alpha value is -3.94. The highest BCUT2D eigenvalue weighted by Gasteiger charge is 2.06. The second-order valence-corrected chi connectivity index (χ2v) is 5.41. The lowest BCUT2D eigenvalue weighted by atomic mass is 10.2. The van der Waals surface area contributed by atoms with E-state index in [9.17, 15) is 9.59 Å². The number of hydrogen-bond donors (Lipinski definition) is 2. The normalized spacial score (nSPS) is 11.2. The number of aromatic amines is 2.